The van der Waals surface area contributed by atoms with Gasteiger partial charge in [-0.3, -0.25) is 4.90 Å². The maximum absolute atomic E-state index is 4.16. The van der Waals surface area contributed by atoms with Crippen LogP contribution in [0, 0.1) is 5.92 Å². The second kappa shape index (κ2) is 3.83. The smallest absolute Gasteiger partial charge is 0.0125 e. The highest BCUT2D eigenvalue weighted by Crippen LogP contribution is 2.30. The van der Waals surface area contributed by atoms with E-state index in [1.165, 1.54) is 31.5 Å². The maximum Gasteiger partial charge on any atom is 0.0125 e. The molecule has 0 aliphatic carbocycles. The average Bonchev–Trinajstić information content (AvgIpc) is 1.79. The molecule has 1 heteroatoms. The molecule has 1 aliphatic rings. The molecule has 0 aromatic carbocycles. The summed E-state index contributed by atoms with van der Waals surface area (Å²) in [5, 5.41) is 0. The molecule has 1 aliphatic heterocycles. The monoisotopic (exact) mass is 181 g/mol. The summed E-state index contributed by atoms with van der Waals surface area (Å²) in [5.41, 5.74) is 1.81. The molecule has 0 saturated carbocycles. The number of hydrogen-bond acceptors (Lipinski definition) is 1. The van der Waals surface area contributed by atoms with Crippen molar-refractivity contribution < 1.29 is 0 Å². The Labute approximate surface area is 82.8 Å². The third-order valence-electron chi connectivity index (χ3n) is 2.98. The Hall–Kier alpha value is -0.300. The molecule has 0 aromatic heterocycles. The zero-order valence-electron chi connectivity index (χ0n) is 9.56. The topological polar surface area (TPSA) is 3.24 Å². The van der Waals surface area contributed by atoms with Crippen LogP contribution in [0.3, 0.4) is 0 Å². The fourth-order valence-electron chi connectivity index (χ4n) is 1.81. The van der Waals surface area contributed by atoms with Crippen LogP contribution in [0.1, 0.15) is 40.5 Å². The molecule has 1 nitrogen and oxygen atoms in total. The first-order valence-electron chi connectivity index (χ1n) is 5.38. The fraction of sp³-hybridized carbons (Fsp3) is 0.833. The SMILES string of the molecule is C=C(CCC)C1CN(C(C)(C)C)C1. The van der Waals surface area contributed by atoms with Crippen molar-refractivity contribution in [2.45, 2.75) is 46.1 Å². The lowest BCUT2D eigenvalue weighted by Crippen LogP contribution is -2.56. The summed E-state index contributed by atoms with van der Waals surface area (Å²) in [5.74, 6) is 0.777. The van der Waals surface area contributed by atoms with E-state index in [0.717, 1.165) is 5.92 Å². The predicted molar refractivity (Wildman–Crippen MR) is 58.9 cm³/mol. The van der Waals surface area contributed by atoms with Crippen LogP contribution in [0.2, 0.25) is 0 Å². The van der Waals surface area contributed by atoms with Gasteiger partial charge < -0.3 is 0 Å². The maximum atomic E-state index is 4.16. The van der Waals surface area contributed by atoms with Crippen LogP contribution in [0.25, 0.3) is 0 Å². The molecule has 13 heavy (non-hydrogen) atoms. The highest BCUT2D eigenvalue weighted by Gasteiger charge is 2.34. The Bertz CT molecular complexity index is 182. The Morgan fingerprint density at radius 2 is 1.92 bits per heavy atom. The Balaban J connectivity index is 2.29. The molecular weight excluding hydrogens is 158 g/mol. The number of likely N-dealkylation sites (tertiary alicyclic amines) is 1. The molecule has 0 atom stereocenters. The van der Waals surface area contributed by atoms with Crippen molar-refractivity contribution in [1.29, 1.82) is 0 Å². The van der Waals surface area contributed by atoms with Crippen molar-refractivity contribution in [2.24, 2.45) is 5.92 Å². The Morgan fingerprint density at radius 3 is 2.31 bits per heavy atom. The van der Waals surface area contributed by atoms with Gasteiger partial charge in [-0.1, -0.05) is 25.5 Å². The summed E-state index contributed by atoms with van der Waals surface area (Å²) in [7, 11) is 0. The molecule has 0 bridgehead atoms. The van der Waals surface area contributed by atoms with Gasteiger partial charge in [-0.15, -0.1) is 0 Å². The van der Waals surface area contributed by atoms with Gasteiger partial charge in [0.05, 0.1) is 0 Å². The number of rotatable bonds is 3. The Kier molecular flexibility index (Phi) is 3.18. The van der Waals surface area contributed by atoms with Crippen LogP contribution in [0.15, 0.2) is 12.2 Å². The molecule has 1 fully saturated rings. The summed E-state index contributed by atoms with van der Waals surface area (Å²) >= 11 is 0. The summed E-state index contributed by atoms with van der Waals surface area (Å²) in [6.45, 7) is 15.7. The molecule has 0 unspecified atom stereocenters. The zero-order valence-corrected chi connectivity index (χ0v) is 9.56. The molecule has 76 valence electrons. The van der Waals surface area contributed by atoms with Gasteiger partial charge in [-0.05, 0) is 27.2 Å². The number of hydrogen-bond donors (Lipinski definition) is 0. The standard InChI is InChI=1S/C12H23N/c1-6-7-10(2)11-8-13(9-11)12(3,4)5/h11H,2,6-9H2,1,3-5H3. The van der Waals surface area contributed by atoms with Gasteiger partial charge in [0, 0.05) is 24.5 Å². The van der Waals surface area contributed by atoms with Crippen LogP contribution >= 0.6 is 0 Å². The Morgan fingerprint density at radius 1 is 1.38 bits per heavy atom. The summed E-state index contributed by atoms with van der Waals surface area (Å²) < 4.78 is 0. The highest BCUT2D eigenvalue weighted by molar-refractivity contribution is 5.08. The number of nitrogens with zero attached hydrogens (tertiary/aromatic N) is 1. The summed E-state index contributed by atoms with van der Waals surface area (Å²) in [6, 6.07) is 0. The van der Waals surface area contributed by atoms with Crippen molar-refractivity contribution in [3.05, 3.63) is 12.2 Å². The minimum Gasteiger partial charge on any atom is -0.297 e. The van der Waals surface area contributed by atoms with E-state index in [1.54, 1.807) is 0 Å². The lowest BCUT2D eigenvalue weighted by Gasteiger charge is -2.48. The van der Waals surface area contributed by atoms with Crippen LogP contribution < -0.4 is 0 Å². The highest BCUT2D eigenvalue weighted by atomic mass is 15.2. The van der Waals surface area contributed by atoms with E-state index < -0.39 is 0 Å². The quantitative estimate of drug-likeness (QED) is 0.605. The van der Waals surface area contributed by atoms with Gasteiger partial charge in [0.2, 0.25) is 0 Å². The van der Waals surface area contributed by atoms with Crippen LogP contribution in [-0.4, -0.2) is 23.5 Å². The fourth-order valence-corrected chi connectivity index (χ4v) is 1.81. The predicted octanol–water partition coefficient (Wildman–Crippen LogP) is 3.07. The van der Waals surface area contributed by atoms with Crippen molar-refractivity contribution in [2.75, 3.05) is 13.1 Å². The minimum absolute atomic E-state index is 0.350. The van der Waals surface area contributed by atoms with Gasteiger partial charge >= 0.3 is 0 Å². The first-order chi connectivity index (χ1) is 5.95. The molecule has 1 rings (SSSR count). The molecule has 0 spiro atoms. The van der Waals surface area contributed by atoms with E-state index in [1.807, 2.05) is 0 Å². The largest absolute Gasteiger partial charge is 0.297 e. The second-order valence-electron chi connectivity index (χ2n) is 5.18. The zero-order chi connectivity index (χ0) is 10.1. The molecule has 1 heterocycles. The molecule has 0 radical (unpaired) electrons. The van der Waals surface area contributed by atoms with Gasteiger partial charge in [0.1, 0.15) is 0 Å². The summed E-state index contributed by atoms with van der Waals surface area (Å²) in [6.07, 6.45) is 2.45. The molecule has 0 aromatic rings. The van der Waals surface area contributed by atoms with Crippen molar-refractivity contribution in [3.8, 4) is 0 Å². The first kappa shape index (κ1) is 10.8. The molecular formula is C12H23N. The van der Waals surface area contributed by atoms with Crippen LogP contribution in [0.5, 0.6) is 0 Å². The molecule has 1 saturated heterocycles. The molecule has 0 N–H and O–H groups in total. The van der Waals surface area contributed by atoms with Gasteiger partial charge in [0.15, 0.2) is 0 Å². The lowest BCUT2D eigenvalue weighted by atomic mass is 9.86. The van der Waals surface area contributed by atoms with E-state index in [2.05, 4.69) is 39.2 Å². The van der Waals surface area contributed by atoms with E-state index >= 15 is 0 Å². The average molecular weight is 181 g/mol. The van der Waals surface area contributed by atoms with E-state index in [4.69, 9.17) is 0 Å². The third kappa shape index (κ3) is 2.57. The molecule has 0 amide bonds. The van der Waals surface area contributed by atoms with E-state index in [0.29, 0.717) is 5.54 Å². The van der Waals surface area contributed by atoms with E-state index in [9.17, 15) is 0 Å². The first-order valence-corrected chi connectivity index (χ1v) is 5.38. The minimum atomic E-state index is 0.350. The van der Waals surface area contributed by atoms with Gasteiger partial charge in [-0.2, -0.15) is 0 Å². The van der Waals surface area contributed by atoms with Crippen molar-refractivity contribution in [3.63, 3.8) is 0 Å². The summed E-state index contributed by atoms with van der Waals surface area (Å²) in [4.78, 5) is 2.53. The van der Waals surface area contributed by atoms with Crippen LogP contribution in [-0.2, 0) is 0 Å². The van der Waals surface area contributed by atoms with Crippen LogP contribution in [0.4, 0.5) is 0 Å². The van der Waals surface area contributed by atoms with Crippen molar-refractivity contribution >= 4 is 0 Å². The lowest BCUT2D eigenvalue weighted by molar-refractivity contribution is 0.0286. The second-order valence-corrected chi connectivity index (χ2v) is 5.18. The van der Waals surface area contributed by atoms with Gasteiger partial charge in [-0.25, -0.2) is 0 Å². The van der Waals surface area contributed by atoms with E-state index in [-0.39, 0.29) is 0 Å². The third-order valence-corrected chi connectivity index (χ3v) is 2.98. The van der Waals surface area contributed by atoms with Gasteiger partial charge in [0.25, 0.3) is 0 Å². The van der Waals surface area contributed by atoms with Crippen molar-refractivity contribution in [1.82, 2.24) is 4.90 Å². The normalized spacial score (nSPS) is 20.0.